The Morgan fingerprint density at radius 3 is 2.59 bits per heavy atom. The highest BCUT2D eigenvalue weighted by molar-refractivity contribution is 6.20. The molecule has 122 valence electrons. The Balaban J connectivity index is 1.37. The van der Waals surface area contributed by atoms with Crippen LogP contribution >= 0.6 is 11.6 Å². The number of nitrogens with one attached hydrogen (secondary N) is 1. The molecule has 22 heavy (non-hydrogen) atoms. The van der Waals surface area contributed by atoms with E-state index in [2.05, 4.69) is 20.1 Å². The molecule has 3 unspecified atom stereocenters. The molecule has 1 saturated carbocycles. The molecule has 4 aliphatic rings. The molecule has 4 rings (SSSR count). The van der Waals surface area contributed by atoms with E-state index in [0.29, 0.717) is 0 Å². The Morgan fingerprint density at radius 1 is 1.23 bits per heavy atom. The number of fused-ring (bicyclic) bond motifs is 2. The highest BCUT2D eigenvalue weighted by atomic mass is 35.5. The zero-order valence-corrected chi connectivity index (χ0v) is 13.7. The summed E-state index contributed by atoms with van der Waals surface area (Å²) in [5, 5.41) is 3.08. The van der Waals surface area contributed by atoms with Crippen LogP contribution < -0.4 is 5.32 Å². The lowest BCUT2D eigenvalue weighted by Gasteiger charge is -2.45. The fourth-order valence-corrected chi connectivity index (χ4v) is 4.77. The van der Waals surface area contributed by atoms with Gasteiger partial charge < -0.3 is 10.1 Å². The van der Waals surface area contributed by atoms with Crippen LogP contribution in [0.3, 0.4) is 0 Å². The van der Waals surface area contributed by atoms with E-state index in [1.54, 1.807) is 0 Å². The maximum absolute atomic E-state index is 5.90. The highest BCUT2D eigenvalue weighted by Crippen LogP contribution is 2.40. The Bertz CT molecular complexity index is 449. The maximum Gasteiger partial charge on any atom is 0.194 e. The lowest BCUT2D eigenvalue weighted by atomic mass is 9.90. The molecule has 3 fully saturated rings. The van der Waals surface area contributed by atoms with Gasteiger partial charge in [0.05, 0.1) is 13.2 Å². The van der Waals surface area contributed by atoms with Gasteiger partial charge in [0.15, 0.2) is 5.62 Å². The van der Waals surface area contributed by atoms with Gasteiger partial charge >= 0.3 is 0 Å². The van der Waals surface area contributed by atoms with Crippen molar-refractivity contribution in [2.24, 2.45) is 16.8 Å². The number of likely N-dealkylation sites (tertiary alicyclic amines) is 1. The van der Waals surface area contributed by atoms with Crippen molar-refractivity contribution in [3.05, 3.63) is 11.8 Å². The number of morpholine rings is 1. The van der Waals surface area contributed by atoms with Gasteiger partial charge in [0.2, 0.25) is 0 Å². The van der Waals surface area contributed by atoms with Crippen molar-refractivity contribution < 1.29 is 4.74 Å². The summed E-state index contributed by atoms with van der Waals surface area (Å²) in [6, 6.07) is 0.791. The van der Waals surface area contributed by atoms with E-state index in [4.69, 9.17) is 16.3 Å². The minimum Gasteiger partial charge on any atom is -0.379 e. The van der Waals surface area contributed by atoms with E-state index in [0.717, 1.165) is 50.7 Å². The van der Waals surface area contributed by atoms with Gasteiger partial charge in [-0.2, -0.15) is 0 Å². The first-order chi connectivity index (χ1) is 10.8. The number of alkyl halides is 1. The molecule has 6 heteroatoms. The smallest absolute Gasteiger partial charge is 0.194 e. The SMILES string of the molecule is ClC1N=CC(CN2CC3CCC(C2)C3N2CCOCC2)=CN1. The number of aliphatic imine (C=N–C) groups is 1. The molecule has 1 N–H and O–H groups in total. The van der Waals surface area contributed by atoms with Gasteiger partial charge in [-0.25, -0.2) is 0 Å². The van der Waals surface area contributed by atoms with Crippen molar-refractivity contribution in [1.29, 1.82) is 0 Å². The van der Waals surface area contributed by atoms with Gasteiger partial charge in [0.1, 0.15) is 0 Å². The number of halogens is 1. The van der Waals surface area contributed by atoms with Crippen molar-refractivity contribution in [2.75, 3.05) is 45.9 Å². The predicted octanol–water partition coefficient (Wildman–Crippen LogP) is 1.11. The Morgan fingerprint density at radius 2 is 1.95 bits per heavy atom. The fraction of sp³-hybridized carbons (Fsp3) is 0.812. The van der Waals surface area contributed by atoms with Gasteiger partial charge in [-0.3, -0.25) is 14.8 Å². The monoisotopic (exact) mass is 324 g/mol. The van der Waals surface area contributed by atoms with E-state index in [9.17, 15) is 0 Å². The Kier molecular flexibility index (Phi) is 4.40. The second kappa shape index (κ2) is 6.48. The molecule has 0 amide bonds. The van der Waals surface area contributed by atoms with Crippen LogP contribution in [0.2, 0.25) is 0 Å². The molecular weight excluding hydrogens is 300 g/mol. The fourth-order valence-electron chi connectivity index (χ4n) is 4.65. The first kappa shape index (κ1) is 14.9. The summed E-state index contributed by atoms with van der Waals surface area (Å²) in [6.45, 7) is 7.49. The molecule has 3 heterocycles. The maximum atomic E-state index is 5.90. The summed E-state index contributed by atoms with van der Waals surface area (Å²) in [5.74, 6) is 1.65. The minimum atomic E-state index is -0.299. The van der Waals surface area contributed by atoms with Crippen molar-refractivity contribution in [2.45, 2.75) is 24.5 Å². The van der Waals surface area contributed by atoms with Crippen LogP contribution in [0, 0.1) is 11.8 Å². The number of hydrogen-bond acceptors (Lipinski definition) is 5. The van der Waals surface area contributed by atoms with Gasteiger partial charge in [-0.05, 0) is 30.3 Å². The van der Waals surface area contributed by atoms with Crippen molar-refractivity contribution in [3.63, 3.8) is 0 Å². The second-order valence-electron chi connectivity index (χ2n) is 6.93. The largest absolute Gasteiger partial charge is 0.379 e. The van der Waals surface area contributed by atoms with Crippen molar-refractivity contribution >= 4 is 17.8 Å². The molecule has 0 aromatic heterocycles. The molecule has 1 aliphatic carbocycles. The van der Waals surface area contributed by atoms with E-state index in [1.807, 2.05) is 12.4 Å². The van der Waals surface area contributed by atoms with E-state index in [-0.39, 0.29) is 5.62 Å². The van der Waals surface area contributed by atoms with Crippen LogP contribution in [-0.4, -0.2) is 73.6 Å². The van der Waals surface area contributed by atoms with Crippen LogP contribution in [0.25, 0.3) is 0 Å². The quantitative estimate of drug-likeness (QED) is 0.623. The highest BCUT2D eigenvalue weighted by Gasteiger charge is 2.44. The summed E-state index contributed by atoms with van der Waals surface area (Å²) in [5.41, 5.74) is 0.938. The summed E-state index contributed by atoms with van der Waals surface area (Å²) in [6.07, 6.45) is 6.71. The van der Waals surface area contributed by atoms with Gasteiger partial charge in [0.25, 0.3) is 0 Å². The van der Waals surface area contributed by atoms with Gasteiger partial charge in [0, 0.05) is 51.2 Å². The Hall–Kier alpha value is -0.620. The third kappa shape index (κ3) is 3.04. The summed E-state index contributed by atoms with van der Waals surface area (Å²) >= 11 is 5.90. The molecule has 0 aromatic rings. The first-order valence-electron chi connectivity index (χ1n) is 8.46. The molecule has 3 aliphatic heterocycles. The van der Waals surface area contributed by atoms with Crippen molar-refractivity contribution in [3.8, 4) is 0 Å². The average Bonchev–Trinajstić information content (AvgIpc) is 2.82. The molecule has 3 atom stereocenters. The van der Waals surface area contributed by atoms with Crippen molar-refractivity contribution in [1.82, 2.24) is 15.1 Å². The third-order valence-electron chi connectivity index (χ3n) is 5.51. The minimum absolute atomic E-state index is 0.299. The average molecular weight is 325 g/mol. The zero-order valence-electron chi connectivity index (χ0n) is 13.0. The first-order valence-corrected chi connectivity index (χ1v) is 8.90. The number of piperidine rings is 1. The number of hydrogen-bond donors (Lipinski definition) is 1. The van der Waals surface area contributed by atoms with Gasteiger partial charge in [-0.15, -0.1) is 0 Å². The van der Waals surface area contributed by atoms with Crippen LogP contribution in [0.4, 0.5) is 0 Å². The predicted molar refractivity (Wildman–Crippen MR) is 88.2 cm³/mol. The molecule has 0 spiro atoms. The molecule has 5 nitrogen and oxygen atoms in total. The molecule has 2 bridgehead atoms. The van der Waals surface area contributed by atoms with E-state index < -0.39 is 0 Å². The van der Waals surface area contributed by atoms with Crippen LogP contribution in [0.15, 0.2) is 16.8 Å². The van der Waals surface area contributed by atoms with Crippen LogP contribution in [0.1, 0.15) is 12.8 Å². The van der Waals surface area contributed by atoms with Gasteiger partial charge in [-0.1, -0.05) is 11.6 Å². The lowest BCUT2D eigenvalue weighted by Crippen LogP contribution is -2.55. The molecular formula is C16H25ClN4O. The Labute approximate surface area is 137 Å². The van der Waals surface area contributed by atoms with E-state index >= 15 is 0 Å². The number of rotatable bonds is 3. The summed E-state index contributed by atoms with van der Waals surface area (Å²) < 4.78 is 5.52. The molecule has 0 aromatic carbocycles. The molecule has 2 saturated heterocycles. The lowest BCUT2D eigenvalue weighted by molar-refractivity contribution is -0.0231. The van der Waals surface area contributed by atoms with E-state index in [1.165, 1.54) is 31.5 Å². The second-order valence-corrected chi connectivity index (χ2v) is 7.34. The number of ether oxygens (including phenoxy) is 1. The third-order valence-corrected chi connectivity index (χ3v) is 5.75. The molecule has 0 radical (unpaired) electrons. The standard InChI is InChI=1S/C16H25ClN4O/c17-16-18-7-12(8-19-16)9-20-10-13-1-2-14(11-20)15(13)21-3-5-22-6-4-21/h7-8,13-16,18H,1-6,9-11H2. The van der Waals surface area contributed by atoms with Crippen LogP contribution in [-0.2, 0) is 4.74 Å². The van der Waals surface area contributed by atoms with Crippen LogP contribution in [0.5, 0.6) is 0 Å². The topological polar surface area (TPSA) is 40.1 Å². The zero-order chi connectivity index (χ0) is 14.9. The number of nitrogens with zero attached hydrogens (tertiary/aromatic N) is 3. The summed E-state index contributed by atoms with van der Waals surface area (Å²) in [7, 11) is 0. The normalized spacial score (nSPS) is 39.6. The summed E-state index contributed by atoms with van der Waals surface area (Å²) in [4.78, 5) is 9.53.